The van der Waals surface area contributed by atoms with Gasteiger partial charge in [0.2, 0.25) is 15.9 Å². The molecule has 1 amide bonds. The quantitative estimate of drug-likeness (QED) is 0.541. The first-order valence-corrected chi connectivity index (χ1v) is 10.6. The lowest BCUT2D eigenvalue weighted by Gasteiger charge is -2.33. The number of sulfonamides is 1. The highest BCUT2D eigenvalue weighted by Gasteiger charge is 2.25. The van der Waals surface area contributed by atoms with Crippen LogP contribution in [0, 0.1) is 0 Å². The standard InChI is InChI=1S/C18H25N3O5S/c1-3-26-18(23)9-6-15-4-7-16(8-5-15)19-14-17(22)20-10-12-21(13-11-20)27(2,24)25/h4-9,19H,3,10-14H2,1-2H3/b9-6+. The first kappa shape index (κ1) is 20.9. The number of benzene rings is 1. The molecule has 0 saturated carbocycles. The van der Waals surface area contributed by atoms with Crippen LogP contribution in [0.1, 0.15) is 12.5 Å². The van der Waals surface area contributed by atoms with Crippen molar-refractivity contribution in [3.63, 3.8) is 0 Å². The maximum absolute atomic E-state index is 12.3. The Morgan fingerprint density at radius 2 is 1.78 bits per heavy atom. The van der Waals surface area contributed by atoms with Crippen molar-refractivity contribution in [1.29, 1.82) is 0 Å². The minimum atomic E-state index is -3.20. The van der Waals surface area contributed by atoms with E-state index >= 15 is 0 Å². The summed E-state index contributed by atoms with van der Waals surface area (Å²) >= 11 is 0. The maximum Gasteiger partial charge on any atom is 0.330 e. The zero-order chi connectivity index (χ0) is 19.9. The van der Waals surface area contributed by atoms with Crippen LogP contribution in [0.15, 0.2) is 30.3 Å². The number of carbonyl (C=O) groups is 2. The molecule has 9 heteroatoms. The van der Waals surface area contributed by atoms with E-state index in [0.717, 1.165) is 11.3 Å². The summed E-state index contributed by atoms with van der Waals surface area (Å²) in [5.74, 6) is -0.462. The summed E-state index contributed by atoms with van der Waals surface area (Å²) in [6.45, 7) is 3.66. The van der Waals surface area contributed by atoms with Gasteiger partial charge < -0.3 is 15.0 Å². The van der Waals surface area contributed by atoms with E-state index in [4.69, 9.17) is 4.74 Å². The van der Waals surface area contributed by atoms with E-state index in [0.29, 0.717) is 32.8 Å². The zero-order valence-electron chi connectivity index (χ0n) is 15.6. The Bertz CT molecular complexity index is 782. The highest BCUT2D eigenvalue weighted by molar-refractivity contribution is 7.88. The first-order valence-electron chi connectivity index (χ1n) is 8.71. The summed E-state index contributed by atoms with van der Waals surface area (Å²) < 4.78 is 29.2. The molecule has 0 spiro atoms. The Labute approximate surface area is 159 Å². The highest BCUT2D eigenvalue weighted by Crippen LogP contribution is 2.11. The Hall–Kier alpha value is -2.39. The van der Waals surface area contributed by atoms with Crippen molar-refractivity contribution in [2.75, 3.05) is 50.9 Å². The second-order valence-electron chi connectivity index (χ2n) is 6.10. The number of carbonyl (C=O) groups excluding carboxylic acids is 2. The summed E-state index contributed by atoms with van der Waals surface area (Å²) in [5, 5.41) is 3.06. The molecule has 1 aromatic carbocycles. The molecule has 1 saturated heterocycles. The molecule has 1 aliphatic heterocycles. The van der Waals surface area contributed by atoms with Gasteiger partial charge in [-0.25, -0.2) is 13.2 Å². The van der Waals surface area contributed by atoms with E-state index in [1.54, 1.807) is 17.9 Å². The largest absolute Gasteiger partial charge is 0.463 e. The molecular formula is C18H25N3O5S. The molecule has 0 atom stereocenters. The van der Waals surface area contributed by atoms with Crippen molar-refractivity contribution in [2.45, 2.75) is 6.92 Å². The molecule has 148 valence electrons. The number of anilines is 1. The Morgan fingerprint density at radius 3 is 2.33 bits per heavy atom. The normalized spacial score (nSPS) is 15.7. The van der Waals surface area contributed by atoms with Gasteiger partial charge in [-0.05, 0) is 30.7 Å². The monoisotopic (exact) mass is 395 g/mol. The maximum atomic E-state index is 12.3. The van der Waals surface area contributed by atoms with E-state index < -0.39 is 10.0 Å². The fraction of sp³-hybridized carbons (Fsp3) is 0.444. The number of hydrogen-bond donors (Lipinski definition) is 1. The molecule has 1 aromatic rings. The third-order valence-electron chi connectivity index (χ3n) is 4.11. The molecule has 2 rings (SSSR count). The molecule has 1 heterocycles. The second-order valence-corrected chi connectivity index (χ2v) is 8.09. The van der Waals surface area contributed by atoms with Gasteiger partial charge in [-0.15, -0.1) is 0 Å². The Morgan fingerprint density at radius 1 is 1.15 bits per heavy atom. The molecule has 0 radical (unpaired) electrons. The van der Waals surface area contributed by atoms with Gasteiger partial charge in [0.15, 0.2) is 0 Å². The topological polar surface area (TPSA) is 96.0 Å². The van der Waals surface area contributed by atoms with Crippen LogP contribution in [0.4, 0.5) is 5.69 Å². The van der Waals surface area contributed by atoms with Crippen LogP contribution >= 0.6 is 0 Å². The molecular weight excluding hydrogens is 370 g/mol. The van der Waals surface area contributed by atoms with Crippen LogP contribution in [0.5, 0.6) is 0 Å². The van der Waals surface area contributed by atoms with Crippen molar-refractivity contribution in [3.05, 3.63) is 35.9 Å². The van der Waals surface area contributed by atoms with Gasteiger partial charge in [0, 0.05) is 37.9 Å². The van der Waals surface area contributed by atoms with Gasteiger partial charge >= 0.3 is 5.97 Å². The first-order chi connectivity index (χ1) is 12.8. The van der Waals surface area contributed by atoms with Crippen LogP contribution in [-0.2, 0) is 24.3 Å². The fourth-order valence-corrected chi connectivity index (χ4v) is 3.45. The molecule has 1 aliphatic rings. The molecule has 1 fully saturated rings. The van der Waals surface area contributed by atoms with E-state index in [1.165, 1.54) is 16.6 Å². The van der Waals surface area contributed by atoms with Crippen LogP contribution in [-0.4, -0.2) is 75.1 Å². The predicted octanol–water partition coefficient (Wildman–Crippen LogP) is 0.779. The lowest BCUT2D eigenvalue weighted by atomic mass is 10.2. The van der Waals surface area contributed by atoms with Crippen LogP contribution in [0.3, 0.4) is 0 Å². The number of hydrogen-bond acceptors (Lipinski definition) is 6. The Kier molecular flexibility index (Phi) is 7.37. The molecule has 8 nitrogen and oxygen atoms in total. The van der Waals surface area contributed by atoms with E-state index in [9.17, 15) is 18.0 Å². The smallest absolute Gasteiger partial charge is 0.330 e. The number of piperazine rings is 1. The SMILES string of the molecule is CCOC(=O)/C=C/c1ccc(NCC(=O)N2CCN(S(C)(=O)=O)CC2)cc1. The van der Waals surface area contributed by atoms with Crippen molar-refractivity contribution in [3.8, 4) is 0 Å². The van der Waals surface area contributed by atoms with Crippen LogP contribution in [0.2, 0.25) is 0 Å². The third kappa shape index (κ3) is 6.69. The number of nitrogens with zero attached hydrogens (tertiary/aromatic N) is 2. The van der Waals surface area contributed by atoms with Crippen LogP contribution < -0.4 is 5.32 Å². The van der Waals surface area contributed by atoms with E-state index in [2.05, 4.69) is 5.32 Å². The fourth-order valence-electron chi connectivity index (χ4n) is 2.63. The van der Waals surface area contributed by atoms with Crippen molar-refractivity contribution in [1.82, 2.24) is 9.21 Å². The van der Waals surface area contributed by atoms with Gasteiger partial charge in [0.1, 0.15) is 0 Å². The molecule has 27 heavy (non-hydrogen) atoms. The van der Waals surface area contributed by atoms with Crippen LogP contribution in [0.25, 0.3) is 6.08 Å². The third-order valence-corrected chi connectivity index (χ3v) is 5.42. The summed E-state index contributed by atoms with van der Waals surface area (Å²) in [6.07, 6.45) is 4.21. The number of esters is 1. The highest BCUT2D eigenvalue weighted by atomic mass is 32.2. The van der Waals surface area contributed by atoms with Gasteiger partial charge in [-0.3, -0.25) is 4.79 Å². The van der Waals surface area contributed by atoms with E-state index in [1.807, 2.05) is 24.3 Å². The summed E-state index contributed by atoms with van der Waals surface area (Å²) in [5.41, 5.74) is 1.63. The summed E-state index contributed by atoms with van der Waals surface area (Å²) in [6, 6.07) is 7.29. The minimum absolute atomic E-state index is 0.0746. The number of ether oxygens (including phenoxy) is 1. The predicted molar refractivity (Wildman–Crippen MR) is 104 cm³/mol. The van der Waals surface area contributed by atoms with Gasteiger partial charge in [0.05, 0.1) is 19.4 Å². The van der Waals surface area contributed by atoms with Gasteiger partial charge in [-0.1, -0.05) is 12.1 Å². The van der Waals surface area contributed by atoms with E-state index in [-0.39, 0.29) is 18.4 Å². The average Bonchev–Trinajstić information content (AvgIpc) is 2.65. The molecule has 0 unspecified atom stereocenters. The van der Waals surface area contributed by atoms with Gasteiger partial charge in [-0.2, -0.15) is 4.31 Å². The summed E-state index contributed by atoms with van der Waals surface area (Å²) in [7, 11) is -3.20. The number of rotatable bonds is 7. The number of nitrogens with one attached hydrogen (secondary N) is 1. The molecule has 0 bridgehead atoms. The summed E-state index contributed by atoms with van der Waals surface area (Å²) in [4.78, 5) is 25.2. The van der Waals surface area contributed by atoms with Crippen molar-refractivity contribution < 1.29 is 22.7 Å². The average molecular weight is 395 g/mol. The molecule has 0 aliphatic carbocycles. The molecule has 1 N–H and O–H groups in total. The minimum Gasteiger partial charge on any atom is -0.463 e. The number of amides is 1. The van der Waals surface area contributed by atoms with Gasteiger partial charge in [0.25, 0.3) is 0 Å². The lowest BCUT2D eigenvalue weighted by molar-refractivity contribution is -0.137. The zero-order valence-corrected chi connectivity index (χ0v) is 16.4. The lowest BCUT2D eigenvalue weighted by Crippen LogP contribution is -2.51. The van der Waals surface area contributed by atoms with Crippen molar-refractivity contribution in [2.24, 2.45) is 0 Å². The Balaban J connectivity index is 1.79. The van der Waals surface area contributed by atoms with Crippen molar-refractivity contribution >= 4 is 33.7 Å². The molecule has 0 aromatic heterocycles. The second kappa shape index (κ2) is 9.52.